The SMILES string of the molecule is CC1CCN(C(=O)c2c(O)cccc2O)CC1O. The Balaban J connectivity index is 2.22. The number of benzene rings is 1. The molecular formula is C13H17NO4. The molecule has 3 N–H and O–H groups in total. The topological polar surface area (TPSA) is 81.0 Å². The van der Waals surface area contributed by atoms with Crippen LogP contribution in [0.2, 0.25) is 0 Å². The summed E-state index contributed by atoms with van der Waals surface area (Å²) in [5.41, 5.74) is -0.0979. The normalized spacial score (nSPS) is 24.0. The van der Waals surface area contributed by atoms with E-state index >= 15 is 0 Å². The molecule has 1 aromatic carbocycles. The number of piperidine rings is 1. The Morgan fingerprint density at radius 3 is 2.50 bits per heavy atom. The van der Waals surface area contributed by atoms with Crippen molar-refractivity contribution >= 4 is 5.91 Å². The number of β-amino-alcohol motifs (C(OH)–C–C–N with tert-alkyl or cyclic N) is 1. The molecule has 1 amide bonds. The molecule has 0 aromatic heterocycles. The van der Waals surface area contributed by atoms with Gasteiger partial charge in [0.1, 0.15) is 17.1 Å². The van der Waals surface area contributed by atoms with Crippen LogP contribution in [-0.2, 0) is 0 Å². The van der Waals surface area contributed by atoms with Crippen LogP contribution in [-0.4, -0.2) is 45.3 Å². The van der Waals surface area contributed by atoms with Gasteiger partial charge in [-0.3, -0.25) is 4.79 Å². The molecule has 0 aliphatic carbocycles. The molecule has 1 heterocycles. The number of aliphatic hydroxyl groups is 1. The highest BCUT2D eigenvalue weighted by molar-refractivity contribution is 5.99. The van der Waals surface area contributed by atoms with Gasteiger partial charge in [-0.05, 0) is 24.5 Å². The van der Waals surface area contributed by atoms with E-state index in [-0.39, 0.29) is 29.5 Å². The number of phenols is 2. The lowest BCUT2D eigenvalue weighted by atomic mass is 9.95. The van der Waals surface area contributed by atoms with Gasteiger partial charge in [0.05, 0.1) is 6.10 Å². The molecule has 0 bridgehead atoms. The van der Waals surface area contributed by atoms with Crippen molar-refractivity contribution in [1.29, 1.82) is 0 Å². The van der Waals surface area contributed by atoms with Crippen LogP contribution in [0.25, 0.3) is 0 Å². The van der Waals surface area contributed by atoms with Gasteiger partial charge in [-0.1, -0.05) is 13.0 Å². The predicted molar refractivity (Wildman–Crippen MR) is 65.5 cm³/mol. The zero-order chi connectivity index (χ0) is 13.3. The van der Waals surface area contributed by atoms with Crippen LogP contribution < -0.4 is 0 Å². The third-order valence-electron chi connectivity index (χ3n) is 3.44. The molecule has 2 unspecified atom stereocenters. The number of amides is 1. The average Bonchev–Trinajstić information content (AvgIpc) is 2.32. The maximum Gasteiger partial charge on any atom is 0.261 e. The van der Waals surface area contributed by atoms with E-state index in [0.29, 0.717) is 13.0 Å². The van der Waals surface area contributed by atoms with E-state index in [9.17, 15) is 20.1 Å². The first kappa shape index (κ1) is 12.7. The van der Waals surface area contributed by atoms with Gasteiger partial charge < -0.3 is 20.2 Å². The maximum absolute atomic E-state index is 12.2. The Morgan fingerprint density at radius 1 is 1.33 bits per heavy atom. The van der Waals surface area contributed by atoms with Crippen LogP contribution in [0, 0.1) is 5.92 Å². The first-order valence-electron chi connectivity index (χ1n) is 5.99. The molecule has 5 nitrogen and oxygen atoms in total. The van der Waals surface area contributed by atoms with Crippen molar-refractivity contribution in [3.05, 3.63) is 23.8 Å². The quantitative estimate of drug-likeness (QED) is 0.694. The number of nitrogens with zero attached hydrogens (tertiary/aromatic N) is 1. The zero-order valence-corrected chi connectivity index (χ0v) is 10.2. The van der Waals surface area contributed by atoms with Crippen molar-refractivity contribution in [3.8, 4) is 11.5 Å². The molecule has 0 radical (unpaired) electrons. The Morgan fingerprint density at radius 2 is 1.94 bits per heavy atom. The standard InChI is InChI=1S/C13H17NO4/c1-8-5-6-14(7-11(8)17)13(18)12-9(15)3-2-4-10(12)16/h2-4,8,11,15-17H,5-7H2,1H3. The van der Waals surface area contributed by atoms with Crippen LogP contribution in [0.5, 0.6) is 11.5 Å². The number of aromatic hydroxyl groups is 2. The number of likely N-dealkylation sites (tertiary alicyclic amines) is 1. The van der Waals surface area contributed by atoms with Gasteiger partial charge in [-0.15, -0.1) is 0 Å². The first-order valence-corrected chi connectivity index (χ1v) is 5.99. The summed E-state index contributed by atoms with van der Waals surface area (Å²) in [6.45, 7) is 2.68. The van der Waals surface area contributed by atoms with Crippen molar-refractivity contribution < 1.29 is 20.1 Å². The van der Waals surface area contributed by atoms with E-state index in [1.165, 1.54) is 23.1 Å². The molecular weight excluding hydrogens is 234 g/mol. The lowest BCUT2D eigenvalue weighted by Crippen LogP contribution is -2.45. The predicted octanol–water partition coefficient (Wildman–Crippen LogP) is 0.941. The number of rotatable bonds is 1. The van der Waals surface area contributed by atoms with Gasteiger partial charge in [-0.25, -0.2) is 0 Å². The molecule has 2 atom stereocenters. The van der Waals surface area contributed by atoms with E-state index in [1.807, 2.05) is 6.92 Å². The van der Waals surface area contributed by atoms with Crippen LogP contribution in [0.4, 0.5) is 0 Å². The third-order valence-corrected chi connectivity index (χ3v) is 3.44. The van der Waals surface area contributed by atoms with Crippen molar-refractivity contribution in [2.24, 2.45) is 5.92 Å². The molecule has 1 fully saturated rings. The second kappa shape index (κ2) is 4.86. The summed E-state index contributed by atoms with van der Waals surface area (Å²) in [6.07, 6.45) is 0.150. The molecule has 0 spiro atoms. The van der Waals surface area contributed by atoms with Gasteiger partial charge in [0.25, 0.3) is 5.91 Å². The Hall–Kier alpha value is -1.75. The summed E-state index contributed by atoms with van der Waals surface area (Å²) >= 11 is 0. The number of carbonyl (C=O) groups excluding carboxylic acids is 1. The van der Waals surface area contributed by atoms with Crippen LogP contribution >= 0.6 is 0 Å². The van der Waals surface area contributed by atoms with E-state index < -0.39 is 12.0 Å². The minimum atomic E-state index is -0.560. The summed E-state index contributed by atoms with van der Waals surface area (Å²) in [7, 11) is 0. The van der Waals surface area contributed by atoms with Crippen molar-refractivity contribution in [1.82, 2.24) is 4.90 Å². The lowest BCUT2D eigenvalue weighted by Gasteiger charge is -2.34. The number of hydrogen-bond donors (Lipinski definition) is 3. The summed E-state index contributed by atoms with van der Waals surface area (Å²) < 4.78 is 0. The number of aliphatic hydroxyl groups excluding tert-OH is 1. The Kier molecular flexibility index (Phi) is 3.43. The molecule has 5 heteroatoms. The number of phenolic OH excluding ortho intramolecular Hbond substituents is 2. The molecule has 0 saturated carbocycles. The maximum atomic E-state index is 12.2. The van der Waals surface area contributed by atoms with Crippen LogP contribution in [0.15, 0.2) is 18.2 Å². The summed E-state index contributed by atoms with van der Waals surface area (Å²) in [5, 5.41) is 29.0. The molecule has 1 aliphatic heterocycles. The Bertz CT molecular complexity index is 440. The molecule has 1 aromatic rings. The zero-order valence-electron chi connectivity index (χ0n) is 10.2. The monoisotopic (exact) mass is 251 g/mol. The van der Waals surface area contributed by atoms with E-state index in [1.54, 1.807) is 0 Å². The second-order valence-corrected chi connectivity index (χ2v) is 4.76. The van der Waals surface area contributed by atoms with Gasteiger partial charge in [0.15, 0.2) is 0 Å². The van der Waals surface area contributed by atoms with Gasteiger partial charge in [-0.2, -0.15) is 0 Å². The smallest absolute Gasteiger partial charge is 0.261 e. The van der Waals surface area contributed by atoms with Gasteiger partial charge in [0.2, 0.25) is 0 Å². The molecule has 98 valence electrons. The van der Waals surface area contributed by atoms with Gasteiger partial charge in [0, 0.05) is 13.1 Å². The fraction of sp³-hybridized carbons (Fsp3) is 0.462. The number of carbonyl (C=O) groups is 1. The first-order chi connectivity index (χ1) is 8.50. The summed E-state index contributed by atoms with van der Waals surface area (Å²) in [6, 6.07) is 4.18. The van der Waals surface area contributed by atoms with Gasteiger partial charge >= 0.3 is 0 Å². The molecule has 1 aliphatic rings. The average molecular weight is 251 g/mol. The second-order valence-electron chi connectivity index (χ2n) is 4.76. The summed E-state index contributed by atoms with van der Waals surface area (Å²) in [5.74, 6) is -0.773. The van der Waals surface area contributed by atoms with E-state index in [4.69, 9.17) is 0 Å². The molecule has 18 heavy (non-hydrogen) atoms. The highest BCUT2D eigenvalue weighted by Gasteiger charge is 2.30. The van der Waals surface area contributed by atoms with Crippen molar-refractivity contribution in [3.63, 3.8) is 0 Å². The third kappa shape index (κ3) is 2.26. The van der Waals surface area contributed by atoms with E-state index in [0.717, 1.165) is 0 Å². The van der Waals surface area contributed by atoms with E-state index in [2.05, 4.69) is 0 Å². The van der Waals surface area contributed by atoms with Crippen molar-refractivity contribution in [2.45, 2.75) is 19.4 Å². The number of hydrogen-bond acceptors (Lipinski definition) is 4. The lowest BCUT2D eigenvalue weighted by molar-refractivity contribution is 0.0245. The summed E-state index contributed by atoms with van der Waals surface area (Å²) in [4.78, 5) is 13.6. The minimum Gasteiger partial charge on any atom is -0.507 e. The van der Waals surface area contributed by atoms with Crippen LogP contribution in [0.3, 0.4) is 0 Å². The highest BCUT2D eigenvalue weighted by Crippen LogP contribution is 2.29. The minimum absolute atomic E-state index is 0.0979. The van der Waals surface area contributed by atoms with Crippen molar-refractivity contribution in [2.75, 3.05) is 13.1 Å². The molecule has 1 saturated heterocycles. The largest absolute Gasteiger partial charge is 0.507 e. The molecule has 2 rings (SSSR count). The fourth-order valence-corrected chi connectivity index (χ4v) is 2.14. The highest BCUT2D eigenvalue weighted by atomic mass is 16.3. The Labute approximate surface area is 105 Å². The van der Waals surface area contributed by atoms with Crippen LogP contribution in [0.1, 0.15) is 23.7 Å². The fourth-order valence-electron chi connectivity index (χ4n) is 2.14.